The van der Waals surface area contributed by atoms with Gasteiger partial charge in [-0.3, -0.25) is 9.36 Å². The lowest BCUT2D eigenvalue weighted by Gasteiger charge is -2.07. The van der Waals surface area contributed by atoms with Crippen molar-refractivity contribution < 1.29 is 14.1 Å². The van der Waals surface area contributed by atoms with E-state index >= 15 is 0 Å². The molecule has 3 heterocycles. The Kier molecular flexibility index (Phi) is 4.20. The van der Waals surface area contributed by atoms with E-state index in [1.54, 1.807) is 28.8 Å². The summed E-state index contributed by atoms with van der Waals surface area (Å²) in [6.07, 6.45) is 1.69. The second-order valence-electron chi connectivity index (χ2n) is 6.94. The third kappa shape index (κ3) is 3.20. The number of carbonyl (C=O) groups excluding carboxylic acids is 1. The summed E-state index contributed by atoms with van der Waals surface area (Å²) in [5, 5.41) is 4.52. The molecule has 7 nitrogen and oxygen atoms in total. The molecule has 2 aromatic heterocycles. The summed E-state index contributed by atoms with van der Waals surface area (Å²) in [4.78, 5) is 29.5. The first-order valence-corrected chi connectivity index (χ1v) is 9.41. The molecule has 0 unspecified atom stereocenters. The zero-order valence-corrected chi connectivity index (χ0v) is 15.5. The Morgan fingerprint density at radius 1 is 1.14 bits per heavy atom. The Morgan fingerprint density at radius 2 is 2.00 bits per heavy atom. The molecule has 0 amide bonds. The van der Waals surface area contributed by atoms with Gasteiger partial charge >= 0.3 is 5.97 Å². The molecule has 4 aromatic rings. The molecule has 0 spiro atoms. The molecule has 0 N–H and O–H groups in total. The largest absolute Gasteiger partial charge is 0.454 e. The summed E-state index contributed by atoms with van der Waals surface area (Å²) in [6, 6.07) is 16.2. The number of esters is 1. The standard InChI is InChI=1S/C22H17N3O4/c26-21-17-9-8-15(11-19(17)23-20-7-4-10-25(20)21)22(27)28-13-16-12-18(24-29-16)14-5-2-1-3-6-14/h1-3,5-6,8-9,11-12H,4,7,10,13H2. The molecular formula is C22H17N3O4. The maximum atomic E-state index is 12.5. The fourth-order valence-corrected chi connectivity index (χ4v) is 3.56. The van der Waals surface area contributed by atoms with Crippen LogP contribution in [0.5, 0.6) is 0 Å². The fourth-order valence-electron chi connectivity index (χ4n) is 3.56. The molecule has 2 aromatic carbocycles. The van der Waals surface area contributed by atoms with E-state index in [0.717, 1.165) is 24.2 Å². The van der Waals surface area contributed by atoms with E-state index < -0.39 is 5.97 Å². The van der Waals surface area contributed by atoms with E-state index in [1.165, 1.54) is 0 Å². The van der Waals surface area contributed by atoms with Crippen LogP contribution in [0.15, 0.2) is 63.9 Å². The van der Waals surface area contributed by atoms with Gasteiger partial charge < -0.3 is 9.26 Å². The number of hydrogen-bond donors (Lipinski definition) is 0. The lowest BCUT2D eigenvalue weighted by molar-refractivity contribution is 0.0437. The van der Waals surface area contributed by atoms with Crippen LogP contribution in [-0.2, 0) is 24.3 Å². The Balaban J connectivity index is 1.34. The minimum absolute atomic E-state index is 0.0308. The maximum absolute atomic E-state index is 12.5. The lowest BCUT2D eigenvalue weighted by Crippen LogP contribution is -2.21. The molecule has 1 aliphatic heterocycles. The number of ether oxygens (including phenoxy) is 1. The van der Waals surface area contributed by atoms with Crippen molar-refractivity contribution in [3.05, 3.63) is 82.1 Å². The zero-order valence-electron chi connectivity index (χ0n) is 15.5. The van der Waals surface area contributed by atoms with Crippen molar-refractivity contribution in [2.75, 3.05) is 0 Å². The first-order valence-electron chi connectivity index (χ1n) is 9.41. The Morgan fingerprint density at radius 3 is 2.86 bits per heavy atom. The summed E-state index contributed by atoms with van der Waals surface area (Å²) in [6.45, 7) is 0.667. The molecule has 0 saturated heterocycles. The van der Waals surface area contributed by atoms with Crippen molar-refractivity contribution in [3.8, 4) is 11.3 Å². The van der Waals surface area contributed by atoms with Gasteiger partial charge in [0.05, 0.1) is 16.5 Å². The Labute approximate surface area is 165 Å². The third-order valence-electron chi connectivity index (χ3n) is 5.03. The third-order valence-corrected chi connectivity index (χ3v) is 5.03. The first kappa shape index (κ1) is 17.4. The number of fused-ring (bicyclic) bond motifs is 2. The van der Waals surface area contributed by atoms with Gasteiger partial charge in [-0.1, -0.05) is 35.5 Å². The lowest BCUT2D eigenvalue weighted by atomic mass is 10.1. The van der Waals surface area contributed by atoms with Crippen molar-refractivity contribution in [2.45, 2.75) is 26.0 Å². The van der Waals surface area contributed by atoms with E-state index in [-0.39, 0.29) is 12.2 Å². The highest BCUT2D eigenvalue weighted by Gasteiger charge is 2.18. The van der Waals surface area contributed by atoms with Crippen molar-refractivity contribution in [1.82, 2.24) is 14.7 Å². The SMILES string of the molecule is O=C(OCc1cc(-c2ccccc2)no1)c1ccc2c(=O)n3c(nc2c1)CCC3. The van der Waals surface area contributed by atoms with Gasteiger partial charge in [-0.2, -0.15) is 0 Å². The van der Waals surface area contributed by atoms with Crippen LogP contribution in [0.2, 0.25) is 0 Å². The van der Waals surface area contributed by atoms with Gasteiger partial charge in [-0.25, -0.2) is 9.78 Å². The molecule has 0 saturated carbocycles. The average Bonchev–Trinajstić information content (AvgIpc) is 3.42. The van der Waals surface area contributed by atoms with Crippen molar-refractivity contribution in [2.24, 2.45) is 0 Å². The highest BCUT2D eigenvalue weighted by Crippen LogP contribution is 2.20. The number of hydrogen-bond acceptors (Lipinski definition) is 6. The number of carbonyl (C=O) groups is 1. The molecule has 0 fully saturated rings. The maximum Gasteiger partial charge on any atom is 0.338 e. The van der Waals surface area contributed by atoms with Gasteiger partial charge in [-0.15, -0.1) is 0 Å². The van der Waals surface area contributed by atoms with Gasteiger partial charge in [-0.05, 0) is 24.6 Å². The summed E-state index contributed by atoms with van der Waals surface area (Å²) >= 11 is 0. The van der Waals surface area contributed by atoms with Crippen LogP contribution in [0, 0.1) is 0 Å². The summed E-state index contributed by atoms with van der Waals surface area (Å²) < 4.78 is 12.3. The zero-order chi connectivity index (χ0) is 19.8. The number of nitrogens with zero attached hydrogens (tertiary/aromatic N) is 3. The van der Waals surface area contributed by atoms with Crippen LogP contribution in [0.4, 0.5) is 0 Å². The van der Waals surface area contributed by atoms with E-state index in [1.807, 2.05) is 30.3 Å². The monoisotopic (exact) mass is 387 g/mol. The normalized spacial score (nSPS) is 12.8. The Bertz CT molecular complexity index is 1270. The predicted molar refractivity (Wildman–Crippen MR) is 105 cm³/mol. The number of aryl methyl sites for hydroxylation is 1. The fraction of sp³-hybridized carbons (Fsp3) is 0.182. The number of rotatable bonds is 4. The number of aromatic nitrogens is 3. The van der Waals surface area contributed by atoms with E-state index in [0.29, 0.717) is 34.5 Å². The highest BCUT2D eigenvalue weighted by atomic mass is 16.5. The molecule has 0 radical (unpaired) electrons. The van der Waals surface area contributed by atoms with Gasteiger partial charge in [0.2, 0.25) is 0 Å². The van der Waals surface area contributed by atoms with E-state index in [2.05, 4.69) is 10.1 Å². The molecule has 29 heavy (non-hydrogen) atoms. The van der Waals surface area contributed by atoms with Crippen LogP contribution in [0.25, 0.3) is 22.2 Å². The van der Waals surface area contributed by atoms with Crippen LogP contribution in [-0.4, -0.2) is 20.7 Å². The predicted octanol–water partition coefficient (Wildman–Crippen LogP) is 3.35. The van der Waals surface area contributed by atoms with Gasteiger partial charge in [0, 0.05) is 24.6 Å². The highest BCUT2D eigenvalue weighted by molar-refractivity contribution is 5.94. The van der Waals surface area contributed by atoms with Crippen molar-refractivity contribution >= 4 is 16.9 Å². The van der Waals surface area contributed by atoms with Gasteiger partial charge in [0.15, 0.2) is 12.4 Å². The summed E-state index contributed by atoms with van der Waals surface area (Å²) in [7, 11) is 0. The van der Waals surface area contributed by atoms with Crippen LogP contribution >= 0.6 is 0 Å². The Hall–Kier alpha value is -3.74. The second-order valence-corrected chi connectivity index (χ2v) is 6.94. The molecule has 144 valence electrons. The van der Waals surface area contributed by atoms with Gasteiger partial charge in [0.25, 0.3) is 5.56 Å². The number of benzene rings is 2. The second kappa shape index (κ2) is 7.01. The van der Waals surface area contributed by atoms with Crippen molar-refractivity contribution in [3.63, 3.8) is 0 Å². The van der Waals surface area contributed by atoms with E-state index in [4.69, 9.17) is 9.26 Å². The summed E-state index contributed by atoms with van der Waals surface area (Å²) in [5.41, 5.74) is 2.41. The first-order chi connectivity index (χ1) is 14.2. The summed E-state index contributed by atoms with van der Waals surface area (Å²) in [5.74, 6) is 0.710. The molecule has 0 atom stereocenters. The molecular weight excluding hydrogens is 370 g/mol. The minimum Gasteiger partial charge on any atom is -0.454 e. The molecule has 7 heteroatoms. The molecule has 0 bridgehead atoms. The van der Waals surface area contributed by atoms with Gasteiger partial charge in [0.1, 0.15) is 11.5 Å². The van der Waals surface area contributed by atoms with Crippen molar-refractivity contribution in [1.29, 1.82) is 0 Å². The van der Waals surface area contributed by atoms with Crippen LogP contribution < -0.4 is 5.56 Å². The smallest absolute Gasteiger partial charge is 0.338 e. The quantitative estimate of drug-likeness (QED) is 0.499. The molecule has 0 aliphatic carbocycles. The molecule has 5 rings (SSSR count). The topological polar surface area (TPSA) is 87.2 Å². The van der Waals surface area contributed by atoms with Crippen LogP contribution in [0.1, 0.15) is 28.4 Å². The van der Waals surface area contributed by atoms with E-state index in [9.17, 15) is 9.59 Å². The van der Waals surface area contributed by atoms with Crippen LogP contribution in [0.3, 0.4) is 0 Å². The molecule has 1 aliphatic rings. The minimum atomic E-state index is -0.507. The average molecular weight is 387 g/mol.